The molecule has 0 bridgehead atoms. The Bertz CT molecular complexity index is 172. The van der Waals surface area contributed by atoms with Crippen LogP contribution in [0.2, 0.25) is 0 Å². The fourth-order valence-electron chi connectivity index (χ4n) is 2.33. The van der Waals surface area contributed by atoms with Crippen LogP contribution in [0.5, 0.6) is 0 Å². The van der Waals surface area contributed by atoms with Gasteiger partial charge in [-0.3, -0.25) is 0 Å². The van der Waals surface area contributed by atoms with Crippen molar-refractivity contribution < 1.29 is 0 Å². The lowest BCUT2D eigenvalue weighted by Crippen LogP contribution is -2.32. The van der Waals surface area contributed by atoms with Gasteiger partial charge in [-0.2, -0.15) is 0 Å². The Morgan fingerprint density at radius 1 is 1.38 bits per heavy atom. The molecule has 1 heteroatoms. The van der Waals surface area contributed by atoms with E-state index in [4.69, 9.17) is 12.2 Å². The molecule has 1 fully saturated rings. The zero-order chi connectivity index (χ0) is 9.68. The highest BCUT2D eigenvalue weighted by atomic mass is 14.6. The first kappa shape index (κ1) is 10.6. The summed E-state index contributed by atoms with van der Waals surface area (Å²) < 4.78 is 0. The number of hydrogen-bond donors (Lipinski definition) is 1. The number of rotatable bonds is 3. The van der Waals surface area contributed by atoms with Crippen molar-refractivity contribution in [1.29, 1.82) is 0 Å². The van der Waals surface area contributed by atoms with E-state index in [0.29, 0.717) is 5.92 Å². The molecule has 1 unspecified atom stereocenters. The molecule has 0 aliphatic heterocycles. The Balaban J connectivity index is 2.28. The van der Waals surface area contributed by atoms with Gasteiger partial charge >= 0.3 is 0 Å². The third-order valence-electron chi connectivity index (χ3n) is 3.43. The third kappa shape index (κ3) is 3.04. The van der Waals surface area contributed by atoms with Crippen LogP contribution in [0, 0.1) is 24.2 Å². The molecule has 0 saturated heterocycles. The van der Waals surface area contributed by atoms with E-state index < -0.39 is 0 Å². The molecule has 2 N–H and O–H groups in total. The van der Waals surface area contributed by atoms with Crippen molar-refractivity contribution >= 4 is 0 Å². The second kappa shape index (κ2) is 5.29. The lowest BCUT2D eigenvalue weighted by Gasteiger charge is -2.30. The summed E-state index contributed by atoms with van der Waals surface area (Å²) in [5.41, 5.74) is 6.00. The van der Waals surface area contributed by atoms with Crippen LogP contribution in [0.3, 0.4) is 0 Å². The van der Waals surface area contributed by atoms with Gasteiger partial charge in [-0.1, -0.05) is 26.2 Å². The van der Waals surface area contributed by atoms with Gasteiger partial charge in [0, 0.05) is 12.5 Å². The van der Waals surface area contributed by atoms with E-state index >= 15 is 0 Å². The van der Waals surface area contributed by atoms with Crippen molar-refractivity contribution in [3.63, 3.8) is 0 Å². The fourth-order valence-corrected chi connectivity index (χ4v) is 2.33. The maximum absolute atomic E-state index is 6.00. The van der Waals surface area contributed by atoms with Crippen LogP contribution in [-0.4, -0.2) is 6.04 Å². The molecule has 13 heavy (non-hydrogen) atoms. The normalized spacial score (nSPS) is 30.8. The summed E-state index contributed by atoms with van der Waals surface area (Å²) in [5, 5.41) is 0. The third-order valence-corrected chi connectivity index (χ3v) is 3.43. The minimum absolute atomic E-state index is 0.253. The summed E-state index contributed by atoms with van der Waals surface area (Å²) in [6.45, 7) is 2.28. The molecule has 0 aromatic carbocycles. The molecule has 0 heterocycles. The molecular weight excluding hydrogens is 158 g/mol. The van der Waals surface area contributed by atoms with Gasteiger partial charge in [-0.25, -0.2) is 0 Å². The standard InChI is InChI=1S/C12H21N/c1-3-5-12(13)11-8-6-10(4-2)7-9-11/h1,10-12H,4-9,13H2,2H3. The van der Waals surface area contributed by atoms with E-state index in [-0.39, 0.29) is 6.04 Å². The second-order valence-electron chi connectivity index (χ2n) is 4.26. The minimum atomic E-state index is 0.253. The Kier molecular flexibility index (Phi) is 4.32. The molecule has 1 rings (SSSR count). The van der Waals surface area contributed by atoms with Gasteiger partial charge in [0.2, 0.25) is 0 Å². The van der Waals surface area contributed by atoms with Gasteiger partial charge in [0.25, 0.3) is 0 Å². The average molecular weight is 179 g/mol. The van der Waals surface area contributed by atoms with E-state index in [1.807, 2.05) is 0 Å². The van der Waals surface area contributed by atoms with Crippen LogP contribution in [-0.2, 0) is 0 Å². The van der Waals surface area contributed by atoms with Gasteiger partial charge in [-0.15, -0.1) is 12.3 Å². The van der Waals surface area contributed by atoms with Crippen molar-refractivity contribution in [2.24, 2.45) is 17.6 Å². The molecule has 1 saturated carbocycles. The monoisotopic (exact) mass is 179 g/mol. The molecule has 1 aliphatic carbocycles. The summed E-state index contributed by atoms with van der Waals surface area (Å²) in [6, 6.07) is 0.253. The number of hydrogen-bond acceptors (Lipinski definition) is 1. The highest BCUT2D eigenvalue weighted by Gasteiger charge is 2.23. The van der Waals surface area contributed by atoms with E-state index in [1.165, 1.54) is 32.1 Å². The highest BCUT2D eigenvalue weighted by Crippen LogP contribution is 2.32. The van der Waals surface area contributed by atoms with E-state index in [9.17, 15) is 0 Å². The molecule has 0 radical (unpaired) electrons. The minimum Gasteiger partial charge on any atom is -0.327 e. The largest absolute Gasteiger partial charge is 0.327 e. The molecule has 0 amide bonds. The van der Waals surface area contributed by atoms with Crippen LogP contribution >= 0.6 is 0 Å². The maximum atomic E-state index is 6.00. The van der Waals surface area contributed by atoms with E-state index in [2.05, 4.69) is 12.8 Å². The van der Waals surface area contributed by atoms with Crippen LogP contribution < -0.4 is 5.73 Å². The lowest BCUT2D eigenvalue weighted by molar-refractivity contribution is 0.240. The van der Waals surface area contributed by atoms with E-state index in [1.54, 1.807) is 0 Å². The van der Waals surface area contributed by atoms with Gasteiger partial charge < -0.3 is 5.73 Å². The van der Waals surface area contributed by atoms with E-state index in [0.717, 1.165) is 12.3 Å². The van der Waals surface area contributed by atoms with Crippen molar-refractivity contribution in [3.8, 4) is 12.3 Å². The van der Waals surface area contributed by atoms with Gasteiger partial charge in [-0.05, 0) is 24.7 Å². The van der Waals surface area contributed by atoms with Gasteiger partial charge in [0.05, 0.1) is 0 Å². The molecule has 0 aromatic heterocycles. The predicted molar refractivity (Wildman–Crippen MR) is 57.2 cm³/mol. The van der Waals surface area contributed by atoms with Crippen molar-refractivity contribution in [1.82, 2.24) is 0 Å². The molecule has 0 spiro atoms. The predicted octanol–water partition coefficient (Wildman–Crippen LogP) is 2.55. The van der Waals surface area contributed by atoms with Crippen molar-refractivity contribution in [2.75, 3.05) is 0 Å². The van der Waals surface area contributed by atoms with Gasteiger partial charge in [0.1, 0.15) is 0 Å². The highest BCUT2D eigenvalue weighted by molar-refractivity contribution is 4.92. The first-order valence-corrected chi connectivity index (χ1v) is 5.47. The summed E-state index contributed by atoms with van der Waals surface area (Å²) in [7, 11) is 0. The summed E-state index contributed by atoms with van der Waals surface area (Å²) in [5.74, 6) is 4.31. The van der Waals surface area contributed by atoms with Crippen LogP contribution in [0.25, 0.3) is 0 Å². The smallest absolute Gasteiger partial charge is 0.0241 e. The maximum Gasteiger partial charge on any atom is 0.0241 e. The topological polar surface area (TPSA) is 26.0 Å². The van der Waals surface area contributed by atoms with Crippen LogP contribution in [0.4, 0.5) is 0 Å². The zero-order valence-electron chi connectivity index (χ0n) is 8.63. The molecule has 1 nitrogen and oxygen atoms in total. The number of terminal acetylenes is 1. The summed E-state index contributed by atoms with van der Waals surface area (Å²) in [4.78, 5) is 0. The first-order chi connectivity index (χ1) is 6.27. The van der Waals surface area contributed by atoms with Crippen molar-refractivity contribution in [2.45, 2.75) is 51.5 Å². The average Bonchev–Trinajstić information content (AvgIpc) is 2.18. The second-order valence-corrected chi connectivity index (χ2v) is 4.26. The molecular formula is C12H21N. The Labute approximate surface area is 82.1 Å². The molecule has 0 aromatic rings. The molecule has 74 valence electrons. The Morgan fingerprint density at radius 3 is 2.46 bits per heavy atom. The van der Waals surface area contributed by atoms with Gasteiger partial charge in [0.15, 0.2) is 0 Å². The zero-order valence-corrected chi connectivity index (χ0v) is 8.63. The summed E-state index contributed by atoms with van der Waals surface area (Å²) in [6.07, 6.45) is 12.6. The quantitative estimate of drug-likeness (QED) is 0.662. The Hall–Kier alpha value is -0.480. The molecule has 1 atom stereocenters. The number of nitrogens with two attached hydrogens (primary N) is 1. The molecule has 1 aliphatic rings. The lowest BCUT2D eigenvalue weighted by atomic mass is 9.77. The fraction of sp³-hybridized carbons (Fsp3) is 0.833. The van der Waals surface area contributed by atoms with Crippen molar-refractivity contribution in [3.05, 3.63) is 0 Å². The SMILES string of the molecule is C#CCC(N)C1CCC(CC)CC1. The summed E-state index contributed by atoms with van der Waals surface area (Å²) >= 11 is 0. The van der Waals surface area contributed by atoms with Crippen LogP contribution in [0.1, 0.15) is 45.4 Å². The first-order valence-electron chi connectivity index (χ1n) is 5.47. The Morgan fingerprint density at radius 2 is 2.00 bits per heavy atom. The van der Waals surface area contributed by atoms with Crippen LogP contribution in [0.15, 0.2) is 0 Å².